The van der Waals surface area contributed by atoms with Gasteiger partial charge in [-0.15, -0.1) is 11.8 Å². The number of aryl methyl sites for hydroxylation is 1. The van der Waals surface area contributed by atoms with E-state index in [-0.39, 0.29) is 18.0 Å². The van der Waals surface area contributed by atoms with Gasteiger partial charge in [-0.25, -0.2) is 13.6 Å². The van der Waals surface area contributed by atoms with E-state index >= 15 is 0 Å². The Morgan fingerprint density at radius 3 is 2.17 bits per heavy atom. The van der Waals surface area contributed by atoms with Crippen LogP contribution in [0.4, 0.5) is 0 Å². The number of aliphatic hydroxyl groups is 1. The number of hydrogen-bond donors (Lipinski definition) is 2. The molecule has 2 aromatic carbocycles. The van der Waals surface area contributed by atoms with Gasteiger partial charge in [0, 0.05) is 5.75 Å². The smallest absolute Gasteiger partial charge is 0.268 e. The summed E-state index contributed by atoms with van der Waals surface area (Å²) in [5.74, 6) is -0.560. The molecule has 1 aliphatic rings. The second-order valence-electron chi connectivity index (χ2n) is 6.53. The second-order valence-corrected chi connectivity index (χ2v) is 9.19. The topological polar surface area (TPSA) is 118 Å². The maximum Gasteiger partial charge on any atom is 0.268 e. The minimum Gasteiger partial charge on any atom is -0.396 e. The summed E-state index contributed by atoms with van der Waals surface area (Å²) in [4.78, 5) is 27.4. The van der Waals surface area contributed by atoms with Crippen LogP contribution in [0.3, 0.4) is 0 Å². The van der Waals surface area contributed by atoms with Crippen LogP contribution in [0.1, 0.15) is 16.7 Å². The van der Waals surface area contributed by atoms with Crippen molar-refractivity contribution in [3.63, 3.8) is 0 Å². The van der Waals surface area contributed by atoms with Crippen LogP contribution in [0.15, 0.2) is 58.3 Å². The highest BCUT2D eigenvalue weighted by Gasteiger charge is 2.39. The fourth-order valence-electron chi connectivity index (χ4n) is 2.92. The number of carbonyl (C=O) groups excluding carboxylic acids is 2. The molecule has 0 fully saturated rings. The lowest BCUT2D eigenvalue weighted by Gasteiger charge is -2.15. The largest absolute Gasteiger partial charge is 0.396 e. The monoisotopic (exact) mass is 432 g/mol. The van der Waals surface area contributed by atoms with Gasteiger partial charge in [-0.1, -0.05) is 42.0 Å². The molecule has 3 N–H and O–H groups in total. The molecule has 0 aromatic heterocycles. The number of carbonyl (C=O) groups is 2. The summed E-state index contributed by atoms with van der Waals surface area (Å²) in [5.41, 5.74) is 2.58. The standard InChI is InChI=1S/C20H20N2O5S2/c1-13-2-6-15(7-3-13)17-18(28-11-10-23)20(25)22(19(17)24)12-14-4-8-16(9-5-14)29(21,26)27/h2-9,23H,10-12H2,1H3,(H2,21,26,27). The highest BCUT2D eigenvalue weighted by molar-refractivity contribution is 8.04. The third kappa shape index (κ3) is 4.59. The summed E-state index contributed by atoms with van der Waals surface area (Å²) in [6.07, 6.45) is 0. The minimum atomic E-state index is -3.82. The average Bonchev–Trinajstić information content (AvgIpc) is 2.91. The van der Waals surface area contributed by atoms with Crippen molar-refractivity contribution >= 4 is 39.2 Å². The number of amides is 2. The first-order valence-electron chi connectivity index (χ1n) is 8.75. The number of benzene rings is 2. The zero-order valence-corrected chi connectivity index (χ0v) is 17.3. The fraction of sp³-hybridized carbons (Fsp3) is 0.200. The van der Waals surface area contributed by atoms with Gasteiger partial charge in [0.25, 0.3) is 11.8 Å². The first kappa shape index (κ1) is 21.3. The molecule has 0 saturated heterocycles. The predicted molar refractivity (Wildman–Crippen MR) is 111 cm³/mol. The number of nitrogens with zero attached hydrogens (tertiary/aromatic N) is 1. The quantitative estimate of drug-likeness (QED) is 0.643. The number of rotatable bonds is 7. The van der Waals surface area contributed by atoms with Gasteiger partial charge in [-0.3, -0.25) is 14.5 Å². The van der Waals surface area contributed by atoms with Crippen molar-refractivity contribution in [2.75, 3.05) is 12.4 Å². The molecule has 0 aliphatic carbocycles. The molecule has 152 valence electrons. The number of aliphatic hydroxyl groups excluding tert-OH is 1. The van der Waals surface area contributed by atoms with Crippen molar-refractivity contribution in [1.82, 2.24) is 4.90 Å². The summed E-state index contributed by atoms with van der Waals surface area (Å²) < 4.78 is 22.8. The van der Waals surface area contributed by atoms with E-state index in [4.69, 9.17) is 10.2 Å². The van der Waals surface area contributed by atoms with Crippen molar-refractivity contribution in [3.05, 3.63) is 70.1 Å². The van der Waals surface area contributed by atoms with Crippen molar-refractivity contribution in [2.24, 2.45) is 5.14 Å². The molecule has 0 saturated carbocycles. The molecular formula is C20H20N2O5S2. The number of thioether (sulfide) groups is 1. The first-order chi connectivity index (χ1) is 13.7. The zero-order valence-electron chi connectivity index (χ0n) is 15.7. The zero-order chi connectivity index (χ0) is 21.2. The van der Waals surface area contributed by atoms with Gasteiger partial charge < -0.3 is 5.11 Å². The lowest BCUT2D eigenvalue weighted by Crippen LogP contribution is -2.31. The van der Waals surface area contributed by atoms with Gasteiger partial charge in [0.2, 0.25) is 10.0 Å². The van der Waals surface area contributed by atoms with E-state index in [9.17, 15) is 18.0 Å². The molecule has 1 aliphatic heterocycles. The molecule has 2 amide bonds. The van der Waals surface area contributed by atoms with Crippen LogP contribution >= 0.6 is 11.8 Å². The van der Waals surface area contributed by atoms with E-state index < -0.39 is 21.8 Å². The highest BCUT2D eigenvalue weighted by atomic mass is 32.2. The molecule has 0 atom stereocenters. The Morgan fingerprint density at radius 2 is 1.62 bits per heavy atom. The van der Waals surface area contributed by atoms with E-state index in [1.54, 1.807) is 12.1 Å². The van der Waals surface area contributed by atoms with Crippen LogP contribution in [0.25, 0.3) is 5.57 Å². The lowest BCUT2D eigenvalue weighted by atomic mass is 10.0. The molecule has 7 nitrogen and oxygen atoms in total. The molecule has 0 unspecified atom stereocenters. The maximum absolute atomic E-state index is 13.1. The number of imide groups is 1. The normalized spacial score (nSPS) is 14.8. The lowest BCUT2D eigenvalue weighted by molar-refractivity contribution is -0.137. The highest BCUT2D eigenvalue weighted by Crippen LogP contribution is 2.36. The summed E-state index contributed by atoms with van der Waals surface area (Å²) in [5, 5.41) is 14.2. The van der Waals surface area contributed by atoms with Crippen LogP contribution in [0.5, 0.6) is 0 Å². The van der Waals surface area contributed by atoms with Crippen LogP contribution < -0.4 is 5.14 Å². The van der Waals surface area contributed by atoms with Crippen LogP contribution in [0, 0.1) is 6.92 Å². The Hall–Kier alpha value is -2.46. The van der Waals surface area contributed by atoms with Gasteiger partial charge in [0.15, 0.2) is 0 Å². The van der Waals surface area contributed by atoms with E-state index in [1.165, 1.54) is 24.3 Å². The summed E-state index contributed by atoms with van der Waals surface area (Å²) in [7, 11) is -3.82. The minimum absolute atomic E-state index is 0.00110. The third-order valence-corrected chi connectivity index (χ3v) is 6.38. The van der Waals surface area contributed by atoms with E-state index in [2.05, 4.69) is 0 Å². The van der Waals surface area contributed by atoms with E-state index in [0.717, 1.165) is 22.2 Å². The Morgan fingerprint density at radius 1 is 1.00 bits per heavy atom. The van der Waals surface area contributed by atoms with Gasteiger partial charge >= 0.3 is 0 Å². The maximum atomic E-state index is 13.1. The van der Waals surface area contributed by atoms with Crippen molar-refractivity contribution in [2.45, 2.75) is 18.4 Å². The van der Waals surface area contributed by atoms with Crippen molar-refractivity contribution < 1.29 is 23.1 Å². The summed E-state index contributed by atoms with van der Waals surface area (Å²) >= 11 is 1.14. The Kier molecular flexibility index (Phi) is 6.23. The van der Waals surface area contributed by atoms with Crippen LogP contribution in [-0.2, 0) is 26.2 Å². The van der Waals surface area contributed by atoms with Gasteiger partial charge in [0.05, 0.1) is 28.5 Å². The average molecular weight is 433 g/mol. The van der Waals surface area contributed by atoms with Gasteiger partial charge in [0.1, 0.15) is 0 Å². The first-order valence-corrected chi connectivity index (χ1v) is 11.3. The third-order valence-electron chi connectivity index (χ3n) is 4.40. The van der Waals surface area contributed by atoms with Crippen LogP contribution in [-0.4, -0.2) is 42.6 Å². The number of primary sulfonamides is 1. The number of sulfonamides is 1. The molecule has 0 spiro atoms. The predicted octanol–water partition coefficient (Wildman–Crippen LogP) is 1.65. The molecule has 29 heavy (non-hydrogen) atoms. The summed E-state index contributed by atoms with van der Waals surface area (Å²) in [6, 6.07) is 13.0. The van der Waals surface area contributed by atoms with E-state index in [0.29, 0.717) is 27.4 Å². The number of hydrogen-bond acceptors (Lipinski definition) is 6. The van der Waals surface area contributed by atoms with Crippen molar-refractivity contribution in [3.8, 4) is 0 Å². The molecule has 3 rings (SSSR count). The molecular weight excluding hydrogens is 412 g/mol. The Balaban J connectivity index is 1.91. The second kappa shape index (κ2) is 8.50. The van der Waals surface area contributed by atoms with Crippen LogP contribution in [0.2, 0.25) is 0 Å². The molecule has 1 heterocycles. The van der Waals surface area contributed by atoms with Gasteiger partial charge in [-0.05, 0) is 30.2 Å². The van der Waals surface area contributed by atoms with Gasteiger partial charge in [-0.2, -0.15) is 0 Å². The summed E-state index contributed by atoms with van der Waals surface area (Å²) in [6.45, 7) is 1.81. The molecule has 0 bridgehead atoms. The Bertz CT molecular complexity index is 1070. The fourth-order valence-corrected chi connectivity index (χ4v) is 4.31. The molecule has 2 aromatic rings. The molecule has 9 heteroatoms. The number of nitrogens with two attached hydrogens (primary N) is 1. The molecule has 0 radical (unpaired) electrons. The Labute approximate surface area is 173 Å². The SMILES string of the molecule is Cc1ccc(C2=C(SCCO)C(=O)N(Cc3ccc(S(N)(=O)=O)cc3)C2=O)cc1. The van der Waals surface area contributed by atoms with Crippen molar-refractivity contribution in [1.29, 1.82) is 0 Å². The van der Waals surface area contributed by atoms with E-state index in [1.807, 2.05) is 19.1 Å².